The van der Waals surface area contributed by atoms with Crippen LogP contribution in [0, 0.1) is 0 Å². The van der Waals surface area contributed by atoms with E-state index in [9.17, 15) is 9.90 Å². The highest BCUT2D eigenvalue weighted by molar-refractivity contribution is 9.10. The van der Waals surface area contributed by atoms with Gasteiger partial charge in [-0.1, -0.05) is 21.1 Å². The molecule has 3 rings (SSSR count). The Hall–Kier alpha value is -3.00. The van der Waals surface area contributed by atoms with Crippen molar-refractivity contribution >= 4 is 27.5 Å². The maximum Gasteiger partial charge on any atom is 0.277 e. The summed E-state index contributed by atoms with van der Waals surface area (Å²) in [6.45, 7) is 0. The number of anilines is 1. The third kappa shape index (κ3) is 3.65. The Morgan fingerprint density at radius 1 is 1.12 bits per heavy atom. The summed E-state index contributed by atoms with van der Waals surface area (Å²) in [6, 6.07) is 11.4. The average Bonchev–Trinajstić information content (AvgIpc) is 3.14. The van der Waals surface area contributed by atoms with Crippen LogP contribution in [0.1, 0.15) is 10.5 Å². The van der Waals surface area contributed by atoms with Gasteiger partial charge in [-0.25, -0.2) is 0 Å². The van der Waals surface area contributed by atoms with E-state index >= 15 is 0 Å². The quantitative estimate of drug-likeness (QED) is 0.606. The molecule has 8 heteroatoms. The maximum absolute atomic E-state index is 12.3. The number of nitrogens with zero attached hydrogens (tertiary/aromatic N) is 1. The van der Waals surface area contributed by atoms with Gasteiger partial charge >= 0.3 is 0 Å². The molecule has 1 amide bonds. The number of rotatable bonds is 5. The van der Waals surface area contributed by atoms with Gasteiger partial charge in [-0.2, -0.15) is 0 Å². The van der Waals surface area contributed by atoms with E-state index in [0.29, 0.717) is 22.8 Å². The van der Waals surface area contributed by atoms with Crippen molar-refractivity contribution in [1.29, 1.82) is 0 Å². The van der Waals surface area contributed by atoms with Crippen LogP contribution in [-0.2, 0) is 0 Å². The zero-order valence-electron chi connectivity index (χ0n) is 13.9. The first-order valence-corrected chi connectivity index (χ1v) is 8.30. The fourth-order valence-corrected chi connectivity index (χ4v) is 2.66. The van der Waals surface area contributed by atoms with Gasteiger partial charge in [-0.15, -0.1) is 0 Å². The molecule has 2 aromatic carbocycles. The highest BCUT2D eigenvalue weighted by Gasteiger charge is 2.16. The summed E-state index contributed by atoms with van der Waals surface area (Å²) in [5.41, 5.74) is 1.02. The van der Waals surface area contributed by atoms with Crippen LogP contribution in [0.3, 0.4) is 0 Å². The molecule has 0 atom stereocenters. The van der Waals surface area contributed by atoms with E-state index in [2.05, 4.69) is 26.4 Å². The number of amides is 1. The molecule has 3 aromatic rings. The Bertz CT molecular complexity index is 955. The summed E-state index contributed by atoms with van der Waals surface area (Å²) < 4.78 is 16.4. The number of carbonyl (C=O) groups is 1. The number of ether oxygens (including phenoxy) is 2. The zero-order valence-corrected chi connectivity index (χ0v) is 15.5. The molecule has 2 N–H and O–H groups in total. The molecule has 0 saturated carbocycles. The molecule has 1 aromatic heterocycles. The molecule has 26 heavy (non-hydrogen) atoms. The number of benzene rings is 2. The highest BCUT2D eigenvalue weighted by atomic mass is 79.9. The van der Waals surface area contributed by atoms with E-state index in [1.165, 1.54) is 19.2 Å². The fourth-order valence-electron chi connectivity index (χ4n) is 2.30. The van der Waals surface area contributed by atoms with E-state index in [1.807, 2.05) is 0 Å². The van der Waals surface area contributed by atoms with Crippen molar-refractivity contribution in [3.63, 3.8) is 0 Å². The lowest BCUT2D eigenvalue weighted by atomic mass is 10.1. The minimum Gasteiger partial charge on any atom is -0.506 e. The normalized spacial score (nSPS) is 10.4. The highest BCUT2D eigenvalue weighted by Crippen LogP contribution is 2.33. The molecule has 7 nitrogen and oxygen atoms in total. The van der Waals surface area contributed by atoms with E-state index in [4.69, 9.17) is 14.0 Å². The summed E-state index contributed by atoms with van der Waals surface area (Å²) in [6.07, 6.45) is 0. The van der Waals surface area contributed by atoms with Crippen molar-refractivity contribution < 1.29 is 23.9 Å². The SMILES string of the molecule is COc1ccc(-c2cc(C(=O)Nc3cc(Br)ccc3O)no2)cc1OC. The van der Waals surface area contributed by atoms with Crippen LogP contribution in [0.15, 0.2) is 51.5 Å². The summed E-state index contributed by atoms with van der Waals surface area (Å²) in [7, 11) is 3.08. The van der Waals surface area contributed by atoms with Crippen LogP contribution >= 0.6 is 15.9 Å². The van der Waals surface area contributed by atoms with Crippen LogP contribution in [0.5, 0.6) is 17.2 Å². The van der Waals surface area contributed by atoms with Gasteiger partial charge in [0.05, 0.1) is 19.9 Å². The third-order valence-electron chi connectivity index (χ3n) is 3.62. The van der Waals surface area contributed by atoms with Gasteiger partial charge in [-0.05, 0) is 36.4 Å². The third-order valence-corrected chi connectivity index (χ3v) is 4.11. The van der Waals surface area contributed by atoms with Gasteiger partial charge in [0.2, 0.25) is 0 Å². The standard InChI is InChI=1S/C18H15BrN2O5/c1-24-15-6-3-10(7-17(15)25-2)16-9-13(21-26-16)18(23)20-12-8-11(19)4-5-14(12)22/h3-9,22H,1-2H3,(H,20,23). The van der Waals surface area contributed by atoms with Gasteiger partial charge in [0.1, 0.15) is 5.75 Å². The Balaban J connectivity index is 1.83. The minimum absolute atomic E-state index is 0.0508. The first-order valence-electron chi connectivity index (χ1n) is 7.51. The van der Waals surface area contributed by atoms with E-state index < -0.39 is 5.91 Å². The predicted octanol–water partition coefficient (Wildman–Crippen LogP) is 4.08. The number of hydrogen-bond acceptors (Lipinski definition) is 6. The Labute approximate surface area is 157 Å². The molecule has 0 radical (unpaired) electrons. The van der Waals surface area contributed by atoms with Crippen molar-refractivity contribution in [2.24, 2.45) is 0 Å². The predicted molar refractivity (Wildman–Crippen MR) is 98.8 cm³/mol. The lowest BCUT2D eigenvalue weighted by Crippen LogP contribution is -2.12. The number of aromatic hydroxyl groups is 1. The average molecular weight is 419 g/mol. The fraction of sp³-hybridized carbons (Fsp3) is 0.111. The monoisotopic (exact) mass is 418 g/mol. The number of methoxy groups -OCH3 is 2. The maximum atomic E-state index is 12.3. The number of phenols is 1. The van der Waals surface area contributed by atoms with Crippen LogP contribution < -0.4 is 14.8 Å². The smallest absolute Gasteiger partial charge is 0.277 e. The molecule has 0 aliphatic rings. The van der Waals surface area contributed by atoms with Gasteiger partial charge in [0, 0.05) is 16.1 Å². The summed E-state index contributed by atoms with van der Waals surface area (Å²) >= 11 is 3.28. The van der Waals surface area contributed by atoms with Gasteiger partial charge in [0.25, 0.3) is 5.91 Å². The molecule has 0 unspecified atom stereocenters. The lowest BCUT2D eigenvalue weighted by Gasteiger charge is -2.07. The van der Waals surface area contributed by atoms with Crippen molar-refractivity contribution in [2.45, 2.75) is 0 Å². The first kappa shape index (κ1) is 17.8. The first-order chi connectivity index (χ1) is 12.5. The Kier molecular flexibility index (Phi) is 5.13. The molecular formula is C18H15BrN2O5. The van der Waals surface area contributed by atoms with Crippen molar-refractivity contribution in [3.05, 3.63) is 52.6 Å². The van der Waals surface area contributed by atoms with E-state index in [1.54, 1.807) is 37.4 Å². The molecule has 0 fully saturated rings. The van der Waals surface area contributed by atoms with Crippen LogP contribution in [0.2, 0.25) is 0 Å². The molecule has 0 aliphatic heterocycles. The van der Waals surface area contributed by atoms with E-state index in [-0.39, 0.29) is 17.1 Å². The van der Waals surface area contributed by atoms with Crippen molar-refractivity contribution in [3.8, 4) is 28.6 Å². The minimum atomic E-state index is -0.506. The second kappa shape index (κ2) is 7.49. The summed E-state index contributed by atoms with van der Waals surface area (Å²) in [4.78, 5) is 12.3. The summed E-state index contributed by atoms with van der Waals surface area (Å²) in [5.74, 6) is 0.957. The number of phenolic OH excluding ortho intramolecular Hbond substituents is 1. The summed E-state index contributed by atoms with van der Waals surface area (Å²) in [5, 5.41) is 16.2. The molecular weight excluding hydrogens is 404 g/mol. The molecule has 134 valence electrons. The van der Waals surface area contributed by atoms with Gasteiger partial charge in [-0.3, -0.25) is 4.79 Å². The van der Waals surface area contributed by atoms with Crippen LogP contribution in [-0.4, -0.2) is 30.4 Å². The topological polar surface area (TPSA) is 93.8 Å². The Morgan fingerprint density at radius 2 is 1.88 bits per heavy atom. The van der Waals surface area contributed by atoms with Gasteiger partial charge in [0.15, 0.2) is 23.0 Å². The molecule has 0 spiro atoms. The second-order valence-corrected chi connectivity index (χ2v) is 6.18. The molecule has 0 aliphatic carbocycles. The number of aromatic nitrogens is 1. The molecule has 0 saturated heterocycles. The van der Waals surface area contributed by atoms with Crippen molar-refractivity contribution in [2.75, 3.05) is 19.5 Å². The number of halogens is 1. The molecule has 1 heterocycles. The zero-order chi connectivity index (χ0) is 18.7. The Morgan fingerprint density at radius 3 is 2.62 bits per heavy atom. The number of hydrogen-bond donors (Lipinski definition) is 2. The second-order valence-electron chi connectivity index (χ2n) is 5.26. The van der Waals surface area contributed by atoms with E-state index in [0.717, 1.165) is 4.47 Å². The van der Waals surface area contributed by atoms with Crippen molar-refractivity contribution in [1.82, 2.24) is 5.16 Å². The van der Waals surface area contributed by atoms with Gasteiger partial charge < -0.3 is 24.4 Å². The van der Waals surface area contributed by atoms with Crippen LogP contribution in [0.25, 0.3) is 11.3 Å². The van der Waals surface area contributed by atoms with Crippen LogP contribution in [0.4, 0.5) is 5.69 Å². The molecule has 0 bridgehead atoms. The number of nitrogens with one attached hydrogen (secondary N) is 1. The largest absolute Gasteiger partial charge is 0.506 e. The lowest BCUT2D eigenvalue weighted by molar-refractivity contribution is 0.101. The number of carbonyl (C=O) groups excluding carboxylic acids is 1.